The molecule has 2 rings (SSSR count). The lowest BCUT2D eigenvalue weighted by Crippen LogP contribution is -2.57. The number of hydrogen-bond donors (Lipinski definition) is 3. The number of carbonyl (C=O) groups is 2. The minimum Gasteiger partial charge on any atom is -0.508 e. The first-order chi connectivity index (χ1) is 11.6. The summed E-state index contributed by atoms with van der Waals surface area (Å²) in [6.45, 7) is 8.67. The number of benzene rings is 1. The van der Waals surface area contributed by atoms with Gasteiger partial charge in [0.15, 0.2) is 0 Å². The summed E-state index contributed by atoms with van der Waals surface area (Å²) in [6, 6.07) is 4.33. The van der Waals surface area contributed by atoms with Crippen LogP contribution in [-0.2, 0) is 22.6 Å². The fourth-order valence-electron chi connectivity index (χ4n) is 2.96. The summed E-state index contributed by atoms with van der Waals surface area (Å²) in [5.74, 6) is -0.0689. The average Bonchev–Trinajstić information content (AvgIpc) is 2.56. The molecule has 138 valence electrons. The van der Waals surface area contributed by atoms with Crippen molar-refractivity contribution < 1.29 is 14.7 Å². The molecule has 3 N–H and O–H groups in total. The first kappa shape index (κ1) is 19.2. The van der Waals surface area contributed by atoms with Crippen LogP contribution >= 0.6 is 0 Å². The molecule has 1 aliphatic rings. The number of phenolic OH excluding ortho intramolecular Hbond substituents is 1. The Bertz CT molecular complexity index is 652. The Morgan fingerprint density at radius 1 is 1.24 bits per heavy atom. The molecule has 0 saturated carbocycles. The van der Waals surface area contributed by atoms with E-state index < -0.39 is 11.5 Å². The predicted molar refractivity (Wildman–Crippen MR) is 97.1 cm³/mol. The molecule has 0 bridgehead atoms. The standard InChI is InChI=1S/C19H29N3O3/c1-12(20-5)17(24)21-16(19(2,3)4)18(25)22-9-8-13-6-7-15(23)10-14(13)11-22/h6-7,10,12,16,20,23H,8-9,11H2,1-5H3,(H,21,24)/t12-,16+/m0/s1. The van der Waals surface area contributed by atoms with Crippen LogP contribution in [0.4, 0.5) is 0 Å². The topological polar surface area (TPSA) is 81.7 Å². The summed E-state index contributed by atoms with van der Waals surface area (Å²) in [5, 5.41) is 15.5. The van der Waals surface area contributed by atoms with Gasteiger partial charge in [-0.2, -0.15) is 0 Å². The molecular weight excluding hydrogens is 318 g/mol. The predicted octanol–water partition coefficient (Wildman–Crippen LogP) is 1.42. The van der Waals surface area contributed by atoms with Gasteiger partial charge < -0.3 is 20.6 Å². The summed E-state index contributed by atoms with van der Waals surface area (Å²) < 4.78 is 0. The molecule has 0 radical (unpaired) electrons. The molecule has 2 atom stereocenters. The van der Waals surface area contributed by atoms with Crippen LogP contribution in [-0.4, -0.2) is 47.5 Å². The van der Waals surface area contributed by atoms with Crippen LogP contribution in [0.3, 0.4) is 0 Å². The Balaban J connectivity index is 2.18. The molecule has 1 aromatic rings. The normalized spacial score (nSPS) is 16.8. The zero-order valence-electron chi connectivity index (χ0n) is 15.7. The highest BCUT2D eigenvalue weighted by Crippen LogP contribution is 2.26. The van der Waals surface area contributed by atoms with Crippen LogP contribution < -0.4 is 10.6 Å². The van der Waals surface area contributed by atoms with E-state index in [-0.39, 0.29) is 23.6 Å². The highest BCUT2D eigenvalue weighted by Gasteiger charge is 2.37. The number of amides is 2. The second-order valence-corrected chi connectivity index (χ2v) is 7.78. The number of carbonyl (C=O) groups excluding carboxylic acids is 2. The number of nitrogens with zero attached hydrogens (tertiary/aromatic N) is 1. The lowest BCUT2D eigenvalue weighted by atomic mass is 9.85. The minimum atomic E-state index is -0.602. The van der Waals surface area contributed by atoms with E-state index in [4.69, 9.17) is 0 Å². The Morgan fingerprint density at radius 3 is 2.52 bits per heavy atom. The molecule has 0 aromatic heterocycles. The van der Waals surface area contributed by atoms with Gasteiger partial charge in [0.25, 0.3) is 0 Å². The summed E-state index contributed by atoms with van der Waals surface area (Å²) in [6.07, 6.45) is 0.749. The summed E-state index contributed by atoms with van der Waals surface area (Å²) in [7, 11) is 1.71. The summed E-state index contributed by atoms with van der Waals surface area (Å²) >= 11 is 0. The quantitative estimate of drug-likeness (QED) is 0.769. The number of rotatable bonds is 4. The molecular formula is C19H29N3O3. The molecule has 1 heterocycles. The van der Waals surface area contributed by atoms with Crippen LogP contribution in [0.15, 0.2) is 18.2 Å². The molecule has 0 saturated heterocycles. The molecule has 25 heavy (non-hydrogen) atoms. The fourth-order valence-corrected chi connectivity index (χ4v) is 2.96. The zero-order valence-corrected chi connectivity index (χ0v) is 15.7. The van der Waals surface area contributed by atoms with Crippen LogP contribution in [0.25, 0.3) is 0 Å². The van der Waals surface area contributed by atoms with E-state index in [2.05, 4.69) is 10.6 Å². The van der Waals surface area contributed by atoms with Gasteiger partial charge in [0.05, 0.1) is 6.04 Å². The maximum Gasteiger partial charge on any atom is 0.246 e. The zero-order chi connectivity index (χ0) is 18.8. The van der Waals surface area contributed by atoms with Crippen molar-refractivity contribution in [3.63, 3.8) is 0 Å². The summed E-state index contributed by atoms with van der Waals surface area (Å²) in [4.78, 5) is 27.2. The van der Waals surface area contributed by atoms with E-state index in [1.54, 1.807) is 31.0 Å². The Kier molecular flexibility index (Phi) is 5.72. The first-order valence-electron chi connectivity index (χ1n) is 8.70. The van der Waals surface area contributed by atoms with Crippen molar-refractivity contribution in [2.75, 3.05) is 13.6 Å². The van der Waals surface area contributed by atoms with E-state index in [9.17, 15) is 14.7 Å². The van der Waals surface area contributed by atoms with Gasteiger partial charge in [-0.15, -0.1) is 0 Å². The van der Waals surface area contributed by atoms with Crippen molar-refractivity contribution in [2.45, 2.75) is 52.7 Å². The molecule has 0 unspecified atom stereocenters. The van der Waals surface area contributed by atoms with Crippen LogP contribution in [0.1, 0.15) is 38.8 Å². The first-order valence-corrected chi connectivity index (χ1v) is 8.70. The highest BCUT2D eigenvalue weighted by molar-refractivity contribution is 5.90. The van der Waals surface area contributed by atoms with E-state index in [0.29, 0.717) is 13.1 Å². The molecule has 0 fully saturated rings. The molecule has 1 aromatic carbocycles. The molecule has 0 spiro atoms. The van der Waals surface area contributed by atoms with Gasteiger partial charge in [0.1, 0.15) is 11.8 Å². The van der Waals surface area contributed by atoms with Crippen molar-refractivity contribution in [1.29, 1.82) is 0 Å². The van der Waals surface area contributed by atoms with Crippen molar-refractivity contribution in [3.8, 4) is 5.75 Å². The second kappa shape index (κ2) is 7.44. The number of hydrogen-bond acceptors (Lipinski definition) is 4. The number of likely N-dealkylation sites (N-methyl/N-ethyl adjacent to an activating group) is 1. The van der Waals surface area contributed by atoms with E-state index >= 15 is 0 Å². The van der Waals surface area contributed by atoms with E-state index in [1.165, 1.54) is 0 Å². The van der Waals surface area contributed by atoms with Crippen molar-refractivity contribution in [1.82, 2.24) is 15.5 Å². The van der Waals surface area contributed by atoms with Gasteiger partial charge in [-0.25, -0.2) is 0 Å². The Labute approximate surface area is 149 Å². The third-order valence-corrected chi connectivity index (χ3v) is 4.74. The lowest BCUT2D eigenvalue weighted by molar-refractivity contribution is -0.140. The van der Waals surface area contributed by atoms with E-state index in [1.807, 2.05) is 26.8 Å². The largest absolute Gasteiger partial charge is 0.508 e. The van der Waals surface area contributed by atoms with Crippen molar-refractivity contribution >= 4 is 11.8 Å². The third kappa shape index (κ3) is 4.51. The fraction of sp³-hybridized carbons (Fsp3) is 0.579. The van der Waals surface area contributed by atoms with Gasteiger partial charge in [-0.1, -0.05) is 26.8 Å². The Hall–Kier alpha value is -2.08. The number of aromatic hydroxyl groups is 1. The SMILES string of the molecule is CN[C@@H](C)C(=O)N[C@H](C(=O)N1CCc2ccc(O)cc2C1)C(C)(C)C. The van der Waals surface area contributed by atoms with Crippen LogP contribution in [0, 0.1) is 5.41 Å². The van der Waals surface area contributed by atoms with E-state index in [0.717, 1.165) is 17.5 Å². The smallest absolute Gasteiger partial charge is 0.246 e. The number of phenols is 1. The minimum absolute atomic E-state index is 0.0851. The van der Waals surface area contributed by atoms with Crippen LogP contribution in [0.2, 0.25) is 0 Å². The monoisotopic (exact) mass is 347 g/mol. The molecule has 6 nitrogen and oxygen atoms in total. The lowest BCUT2D eigenvalue weighted by Gasteiger charge is -2.37. The number of fused-ring (bicyclic) bond motifs is 1. The van der Waals surface area contributed by atoms with Gasteiger partial charge in [0, 0.05) is 13.1 Å². The highest BCUT2D eigenvalue weighted by atomic mass is 16.3. The molecule has 0 aliphatic carbocycles. The maximum atomic E-state index is 13.1. The maximum absolute atomic E-state index is 13.1. The molecule has 6 heteroatoms. The van der Waals surface area contributed by atoms with Crippen molar-refractivity contribution in [3.05, 3.63) is 29.3 Å². The van der Waals surface area contributed by atoms with Crippen molar-refractivity contribution in [2.24, 2.45) is 5.41 Å². The average molecular weight is 347 g/mol. The van der Waals surface area contributed by atoms with Gasteiger partial charge in [-0.3, -0.25) is 9.59 Å². The summed E-state index contributed by atoms with van der Waals surface area (Å²) in [5.41, 5.74) is 1.71. The third-order valence-electron chi connectivity index (χ3n) is 4.74. The Morgan fingerprint density at radius 2 is 1.92 bits per heavy atom. The number of nitrogens with one attached hydrogen (secondary N) is 2. The second-order valence-electron chi connectivity index (χ2n) is 7.78. The molecule has 1 aliphatic heterocycles. The van der Waals surface area contributed by atoms with Gasteiger partial charge in [0.2, 0.25) is 11.8 Å². The molecule has 2 amide bonds. The van der Waals surface area contributed by atoms with Gasteiger partial charge in [-0.05, 0) is 49.1 Å². The van der Waals surface area contributed by atoms with Crippen LogP contribution in [0.5, 0.6) is 5.75 Å². The van der Waals surface area contributed by atoms with Gasteiger partial charge >= 0.3 is 0 Å².